The van der Waals surface area contributed by atoms with Crippen molar-refractivity contribution < 1.29 is 0 Å². The molecule has 2 N–H and O–H groups in total. The number of hydrogen-bond donors (Lipinski definition) is 1. The first-order valence-corrected chi connectivity index (χ1v) is 9.05. The monoisotopic (exact) mass is 305 g/mol. The first kappa shape index (κ1) is 15.0. The molecule has 3 aromatic carbocycles. The van der Waals surface area contributed by atoms with Crippen molar-refractivity contribution in [3.63, 3.8) is 0 Å². The lowest BCUT2D eigenvalue weighted by Crippen LogP contribution is -2.13. The fourth-order valence-corrected chi connectivity index (χ4v) is 4.80. The molecule has 2 heteroatoms. The lowest BCUT2D eigenvalue weighted by atomic mass is 10.2. The molecular formula is C20H20NP. The van der Waals surface area contributed by atoms with E-state index in [1.807, 2.05) is 0 Å². The van der Waals surface area contributed by atoms with E-state index in [1.165, 1.54) is 21.7 Å². The standard InChI is InChI=1S/C20H20NP/c21-15-17-11-13-20(14-12-17)22(19-9-5-2-6-10-19)16-18-7-3-1-4-8-18/h1-14H,15-16,21H2. The highest BCUT2D eigenvalue weighted by Gasteiger charge is 2.14. The summed E-state index contributed by atoms with van der Waals surface area (Å²) >= 11 is 0. The summed E-state index contributed by atoms with van der Waals surface area (Å²) in [5.41, 5.74) is 8.29. The van der Waals surface area contributed by atoms with Crippen molar-refractivity contribution in [2.24, 2.45) is 5.73 Å². The smallest absolute Gasteiger partial charge is 0.0178 e. The van der Waals surface area contributed by atoms with E-state index >= 15 is 0 Å². The highest BCUT2D eigenvalue weighted by Crippen LogP contribution is 2.37. The summed E-state index contributed by atoms with van der Waals surface area (Å²) < 4.78 is 0. The maximum absolute atomic E-state index is 5.72. The van der Waals surface area contributed by atoms with Crippen molar-refractivity contribution in [3.8, 4) is 0 Å². The first-order chi connectivity index (χ1) is 10.9. The molecule has 0 heterocycles. The summed E-state index contributed by atoms with van der Waals surface area (Å²) in [4.78, 5) is 0. The summed E-state index contributed by atoms with van der Waals surface area (Å²) in [7, 11) is -0.385. The van der Waals surface area contributed by atoms with Gasteiger partial charge in [-0.05, 0) is 29.7 Å². The fourth-order valence-electron chi connectivity index (χ4n) is 2.52. The molecule has 1 nitrogen and oxygen atoms in total. The van der Waals surface area contributed by atoms with Crippen LogP contribution in [0.25, 0.3) is 0 Å². The van der Waals surface area contributed by atoms with Crippen LogP contribution in [0.1, 0.15) is 11.1 Å². The van der Waals surface area contributed by atoms with E-state index in [0.717, 1.165) is 6.16 Å². The van der Waals surface area contributed by atoms with Crippen LogP contribution in [-0.2, 0) is 12.7 Å². The zero-order valence-corrected chi connectivity index (χ0v) is 13.4. The summed E-state index contributed by atoms with van der Waals surface area (Å²) in [6, 6.07) is 30.3. The topological polar surface area (TPSA) is 26.0 Å². The van der Waals surface area contributed by atoms with Crippen LogP contribution in [0.15, 0.2) is 84.9 Å². The second-order valence-corrected chi connectivity index (χ2v) is 7.48. The Morgan fingerprint density at radius 3 is 1.73 bits per heavy atom. The molecule has 0 saturated carbocycles. The molecule has 0 amide bonds. The molecule has 1 atom stereocenters. The maximum atomic E-state index is 5.72. The predicted octanol–water partition coefficient (Wildman–Crippen LogP) is 3.78. The highest BCUT2D eigenvalue weighted by atomic mass is 31.1. The fraction of sp³-hybridized carbons (Fsp3) is 0.100. The van der Waals surface area contributed by atoms with E-state index < -0.39 is 0 Å². The Kier molecular flexibility index (Phi) is 5.00. The zero-order chi connectivity index (χ0) is 15.2. The van der Waals surface area contributed by atoms with Gasteiger partial charge in [0.05, 0.1) is 0 Å². The summed E-state index contributed by atoms with van der Waals surface area (Å²) in [6.45, 7) is 0.599. The van der Waals surface area contributed by atoms with E-state index in [9.17, 15) is 0 Å². The Labute approximate surface area is 133 Å². The summed E-state index contributed by atoms with van der Waals surface area (Å²) in [5, 5.41) is 2.82. The molecule has 0 spiro atoms. The molecule has 110 valence electrons. The van der Waals surface area contributed by atoms with Crippen molar-refractivity contribution in [3.05, 3.63) is 96.1 Å². The molecular weight excluding hydrogens is 285 g/mol. The third-order valence-electron chi connectivity index (χ3n) is 3.74. The summed E-state index contributed by atoms with van der Waals surface area (Å²) in [5.74, 6) is 0. The molecule has 0 radical (unpaired) electrons. The molecule has 22 heavy (non-hydrogen) atoms. The molecule has 1 unspecified atom stereocenters. The van der Waals surface area contributed by atoms with Crippen LogP contribution in [0.5, 0.6) is 0 Å². The zero-order valence-electron chi connectivity index (χ0n) is 12.5. The number of benzene rings is 3. The van der Waals surface area contributed by atoms with E-state index in [2.05, 4.69) is 84.9 Å². The average molecular weight is 305 g/mol. The molecule has 3 aromatic rings. The van der Waals surface area contributed by atoms with E-state index in [-0.39, 0.29) is 7.92 Å². The van der Waals surface area contributed by atoms with Gasteiger partial charge >= 0.3 is 0 Å². The van der Waals surface area contributed by atoms with Crippen LogP contribution in [0.4, 0.5) is 0 Å². The number of nitrogens with two attached hydrogens (primary N) is 1. The highest BCUT2D eigenvalue weighted by molar-refractivity contribution is 7.72. The minimum Gasteiger partial charge on any atom is -0.326 e. The van der Waals surface area contributed by atoms with Crippen LogP contribution in [0.3, 0.4) is 0 Å². The van der Waals surface area contributed by atoms with Crippen LogP contribution < -0.4 is 16.3 Å². The minimum absolute atomic E-state index is 0.385. The van der Waals surface area contributed by atoms with Crippen LogP contribution in [0, 0.1) is 0 Å². The van der Waals surface area contributed by atoms with Gasteiger partial charge in [-0.3, -0.25) is 0 Å². The molecule has 0 saturated heterocycles. The quantitative estimate of drug-likeness (QED) is 0.713. The Bertz CT molecular complexity index is 693. The van der Waals surface area contributed by atoms with Crippen molar-refractivity contribution in [1.82, 2.24) is 0 Å². The van der Waals surface area contributed by atoms with Crippen LogP contribution in [-0.4, -0.2) is 0 Å². The molecule has 0 aliphatic carbocycles. The van der Waals surface area contributed by atoms with Gasteiger partial charge in [0.2, 0.25) is 0 Å². The van der Waals surface area contributed by atoms with Gasteiger partial charge < -0.3 is 5.73 Å². The van der Waals surface area contributed by atoms with Gasteiger partial charge in [-0.25, -0.2) is 0 Å². The van der Waals surface area contributed by atoms with Gasteiger partial charge in [-0.15, -0.1) is 0 Å². The molecule has 0 bridgehead atoms. The minimum atomic E-state index is -0.385. The second kappa shape index (κ2) is 7.35. The van der Waals surface area contributed by atoms with Gasteiger partial charge in [0.15, 0.2) is 0 Å². The van der Waals surface area contributed by atoms with Crippen molar-refractivity contribution in [2.75, 3.05) is 0 Å². The van der Waals surface area contributed by atoms with E-state index in [1.54, 1.807) is 0 Å². The molecule has 0 aromatic heterocycles. The van der Waals surface area contributed by atoms with Crippen LogP contribution >= 0.6 is 7.92 Å². The molecule has 0 aliphatic rings. The third kappa shape index (κ3) is 3.62. The van der Waals surface area contributed by atoms with Gasteiger partial charge in [0.1, 0.15) is 0 Å². The van der Waals surface area contributed by atoms with Crippen molar-refractivity contribution in [1.29, 1.82) is 0 Å². The first-order valence-electron chi connectivity index (χ1n) is 7.52. The third-order valence-corrected chi connectivity index (χ3v) is 6.26. The van der Waals surface area contributed by atoms with Gasteiger partial charge in [0.25, 0.3) is 0 Å². The Morgan fingerprint density at radius 2 is 1.14 bits per heavy atom. The van der Waals surface area contributed by atoms with Crippen LogP contribution in [0.2, 0.25) is 0 Å². The molecule has 3 rings (SSSR count). The van der Waals surface area contributed by atoms with Crippen molar-refractivity contribution >= 4 is 18.5 Å². The normalized spacial score (nSPS) is 12.0. The maximum Gasteiger partial charge on any atom is 0.0178 e. The second-order valence-electron chi connectivity index (χ2n) is 5.28. The number of hydrogen-bond acceptors (Lipinski definition) is 1. The average Bonchev–Trinajstić information content (AvgIpc) is 2.61. The van der Waals surface area contributed by atoms with E-state index in [0.29, 0.717) is 6.54 Å². The lowest BCUT2D eigenvalue weighted by molar-refractivity contribution is 1.07. The lowest BCUT2D eigenvalue weighted by Gasteiger charge is -2.19. The van der Waals surface area contributed by atoms with Gasteiger partial charge in [-0.2, -0.15) is 0 Å². The predicted molar refractivity (Wildman–Crippen MR) is 97.1 cm³/mol. The van der Waals surface area contributed by atoms with Gasteiger partial charge in [-0.1, -0.05) is 84.9 Å². The van der Waals surface area contributed by atoms with Gasteiger partial charge in [0, 0.05) is 12.7 Å². The molecule has 0 aliphatic heterocycles. The Balaban J connectivity index is 1.95. The Hall–Kier alpha value is -1.95. The summed E-state index contributed by atoms with van der Waals surface area (Å²) in [6.07, 6.45) is 1.07. The molecule has 0 fully saturated rings. The van der Waals surface area contributed by atoms with Crippen molar-refractivity contribution in [2.45, 2.75) is 12.7 Å². The number of rotatable bonds is 5. The largest absolute Gasteiger partial charge is 0.326 e. The Morgan fingerprint density at radius 1 is 0.591 bits per heavy atom. The van der Waals surface area contributed by atoms with E-state index in [4.69, 9.17) is 5.73 Å². The SMILES string of the molecule is NCc1ccc(P(Cc2ccccc2)c2ccccc2)cc1.